The Morgan fingerprint density at radius 3 is 2.84 bits per heavy atom. The smallest absolute Gasteiger partial charge is 0.249 e. The predicted octanol–water partition coefficient (Wildman–Crippen LogP) is 3.03. The van der Waals surface area contributed by atoms with E-state index in [1.54, 1.807) is 17.8 Å². The number of H-pyrrole nitrogens is 1. The molecule has 32 heavy (non-hydrogen) atoms. The molecule has 0 saturated heterocycles. The first-order valence-corrected chi connectivity index (χ1v) is 11.5. The number of carbonyl (C=O) groups is 1. The summed E-state index contributed by atoms with van der Waals surface area (Å²) in [6.45, 7) is 6.96. The van der Waals surface area contributed by atoms with E-state index in [4.69, 9.17) is 5.10 Å². The molecule has 0 fully saturated rings. The van der Waals surface area contributed by atoms with Gasteiger partial charge in [0.25, 0.3) is 0 Å². The Labute approximate surface area is 189 Å². The molecular weight excluding hydrogens is 426 g/mol. The fraction of sp³-hybridized carbons (Fsp3) is 0.364. The highest BCUT2D eigenvalue weighted by atomic mass is 32.2. The molecule has 1 amide bonds. The quantitative estimate of drug-likeness (QED) is 0.560. The average Bonchev–Trinajstić information content (AvgIpc) is 3.27. The van der Waals surface area contributed by atoms with E-state index >= 15 is 0 Å². The maximum atomic E-state index is 12.6. The highest BCUT2D eigenvalue weighted by molar-refractivity contribution is 8.00. The van der Waals surface area contributed by atoms with Crippen LogP contribution in [0, 0.1) is 6.92 Å². The maximum Gasteiger partial charge on any atom is 0.249 e. The fourth-order valence-electron chi connectivity index (χ4n) is 4.10. The minimum absolute atomic E-state index is 0.0449. The van der Waals surface area contributed by atoms with E-state index in [0.717, 1.165) is 34.0 Å². The number of amides is 1. The van der Waals surface area contributed by atoms with Crippen LogP contribution in [-0.4, -0.2) is 43.1 Å². The molecule has 0 spiro atoms. The van der Waals surface area contributed by atoms with Gasteiger partial charge in [0.15, 0.2) is 0 Å². The number of pyridine rings is 2. The fourth-order valence-corrected chi connectivity index (χ4v) is 5.14. The van der Waals surface area contributed by atoms with Gasteiger partial charge in [-0.15, -0.1) is 0 Å². The molecule has 1 atom stereocenters. The van der Waals surface area contributed by atoms with Gasteiger partial charge in [-0.2, -0.15) is 5.10 Å². The van der Waals surface area contributed by atoms with E-state index in [1.807, 2.05) is 48.7 Å². The Kier molecular flexibility index (Phi) is 5.16. The van der Waals surface area contributed by atoms with E-state index in [9.17, 15) is 9.59 Å². The number of aromatic nitrogens is 4. The zero-order chi connectivity index (χ0) is 22.4. The van der Waals surface area contributed by atoms with Crippen LogP contribution in [0.2, 0.25) is 0 Å². The van der Waals surface area contributed by atoms with Crippen molar-refractivity contribution in [2.75, 3.05) is 17.2 Å². The molecular formula is C22H25N7O2S. The second-order valence-corrected chi connectivity index (χ2v) is 9.56. The molecule has 2 aliphatic rings. The number of nitrogens with zero attached hydrogens (tertiary/aromatic N) is 4. The predicted molar refractivity (Wildman–Crippen MR) is 124 cm³/mol. The lowest BCUT2D eigenvalue weighted by Gasteiger charge is -2.24. The number of rotatable bonds is 4. The lowest BCUT2D eigenvalue weighted by molar-refractivity contribution is -0.133. The molecule has 0 saturated carbocycles. The van der Waals surface area contributed by atoms with Gasteiger partial charge >= 0.3 is 0 Å². The first-order chi connectivity index (χ1) is 15.4. The molecule has 5 heterocycles. The Hall–Kier alpha value is -3.27. The van der Waals surface area contributed by atoms with Gasteiger partial charge in [-0.3, -0.25) is 14.3 Å². The number of carbonyl (C=O) groups excluding carboxylic acids is 1. The normalized spacial score (nSPS) is 17.7. The van der Waals surface area contributed by atoms with Crippen LogP contribution in [0.5, 0.6) is 0 Å². The summed E-state index contributed by atoms with van der Waals surface area (Å²) in [7, 11) is 0. The third-order valence-corrected chi connectivity index (χ3v) is 6.81. The Morgan fingerprint density at radius 1 is 1.22 bits per heavy atom. The topological polar surface area (TPSA) is 108 Å². The van der Waals surface area contributed by atoms with E-state index in [0.29, 0.717) is 18.2 Å². The second kappa shape index (κ2) is 8.01. The standard InChI is InChI=1S/C22H25N7O2S/c1-12(2)28-5-4-14-8-16(27-29(14)11-21(28)31)22-24-15-9-18(23-10-17(15)32-22)25-19-6-13(3)7-20(30)26-19/h6-10,12,22,24H,4-5,11H2,1-3H3,(H2,23,25,26,30). The second-order valence-electron chi connectivity index (χ2n) is 8.42. The lowest BCUT2D eigenvalue weighted by Crippen LogP contribution is -2.38. The van der Waals surface area contributed by atoms with Crippen molar-refractivity contribution in [2.45, 2.75) is 50.0 Å². The maximum absolute atomic E-state index is 12.6. The highest BCUT2D eigenvalue weighted by Crippen LogP contribution is 2.46. The van der Waals surface area contributed by atoms with Gasteiger partial charge in [-0.05, 0) is 38.5 Å². The van der Waals surface area contributed by atoms with Crippen LogP contribution in [0.3, 0.4) is 0 Å². The van der Waals surface area contributed by atoms with Crippen LogP contribution in [0.15, 0.2) is 40.2 Å². The van der Waals surface area contributed by atoms with Crippen molar-refractivity contribution in [3.8, 4) is 0 Å². The van der Waals surface area contributed by atoms with Crippen molar-refractivity contribution in [3.05, 3.63) is 57.8 Å². The summed E-state index contributed by atoms with van der Waals surface area (Å²) in [6.07, 6.45) is 2.61. The molecule has 166 valence electrons. The van der Waals surface area contributed by atoms with E-state index in [-0.39, 0.29) is 29.4 Å². The molecule has 3 N–H and O–H groups in total. The Morgan fingerprint density at radius 2 is 2.06 bits per heavy atom. The lowest BCUT2D eigenvalue weighted by atomic mass is 10.2. The molecule has 3 aromatic heterocycles. The number of fused-ring (bicyclic) bond motifs is 2. The minimum atomic E-state index is -0.156. The van der Waals surface area contributed by atoms with Crippen molar-refractivity contribution in [3.63, 3.8) is 0 Å². The molecule has 10 heteroatoms. The number of anilines is 3. The third-order valence-electron chi connectivity index (χ3n) is 5.64. The first kappa shape index (κ1) is 20.6. The Balaban J connectivity index is 1.32. The molecule has 0 bridgehead atoms. The van der Waals surface area contributed by atoms with Crippen molar-refractivity contribution in [2.24, 2.45) is 0 Å². The number of nitrogens with one attached hydrogen (secondary N) is 3. The summed E-state index contributed by atoms with van der Waals surface area (Å²) in [6, 6.07) is 7.62. The third kappa shape index (κ3) is 3.97. The van der Waals surface area contributed by atoms with Gasteiger partial charge in [0, 0.05) is 43.0 Å². The van der Waals surface area contributed by atoms with Crippen LogP contribution in [-0.2, 0) is 17.8 Å². The number of thioether (sulfide) groups is 1. The Bertz CT molecular complexity index is 1250. The number of aromatic amines is 1. The van der Waals surface area contributed by atoms with Gasteiger partial charge in [0.2, 0.25) is 11.5 Å². The van der Waals surface area contributed by atoms with Gasteiger partial charge in [-0.25, -0.2) is 4.98 Å². The van der Waals surface area contributed by atoms with E-state index in [1.165, 1.54) is 0 Å². The summed E-state index contributed by atoms with van der Waals surface area (Å²) in [5.41, 5.74) is 3.67. The van der Waals surface area contributed by atoms with Crippen molar-refractivity contribution in [1.82, 2.24) is 24.6 Å². The van der Waals surface area contributed by atoms with Crippen molar-refractivity contribution < 1.29 is 4.79 Å². The zero-order valence-corrected chi connectivity index (χ0v) is 19.0. The van der Waals surface area contributed by atoms with Crippen LogP contribution in [0.4, 0.5) is 17.3 Å². The van der Waals surface area contributed by atoms with Gasteiger partial charge in [0.05, 0.1) is 16.3 Å². The highest BCUT2D eigenvalue weighted by Gasteiger charge is 2.29. The van der Waals surface area contributed by atoms with Crippen molar-refractivity contribution in [1.29, 1.82) is 0 Å². The van der Waals surface area contributed by atoms with Crippen LogP contribution in [0.1, 0.15) is 36.2 Å². The van der Waals surface area contributed by atoms with Gasteiger partial charge in [-0.1, -0.05) is 11.8 Å². The van der Waals surface area contributed by atoms with Gasteiger partial charge < -0.3 is 20.5 Å². The molecule has 2 aliphatic heterocycles. The summed E-state index contributed by atoms with van der Waals surface area (Å²) >= 11 is 1.65. The van der Waals surface area contributed by atoms with Crippen LogP contribution >= 0.6 is 11.8 Å². The molecule has 9 nitrogen and oxygen atoms in total. The molecule has 3 aromatic rings. The summed E-state index contributed by atoms with van der Waals surface area (Å²) in [4.78, 5) is 34.5. The molecule has 1 unspecified atom stereocenters. The zero-order valence-electron chi connectivity index (χ0n) is 18.2. The summed E-state index contributed by atoms with van der Waals surface area (Å²) in [5.74, 6) is 1.35. The van der Waals surface area contributed by atoms with Crippen LogP contribution < -0.4 is 16.2 Å². The summed E-state index contributed by atoms with van der Waals surface area (Å²) in [5, 5.41) is 11.4. The average molecular weight is 452 g/mol. The largest absolute Gasteiger partial charge is 0.367 e. The number of hydrogen-bond donors (Lipinski definition) is 3. The van der Waals surface area contributed by atoms with Crippen LogP contribution in [0.25, 0.3) is 0 Å². The van der Waals surface area contributed by atoms with E-state index < -0.39 is 0 Å². The number of aryl methyl sites for hydroxylation is 1. The SMILES string of the molecule is Cc1cc(Nc2cc3c(cn2)SC(c2cc4n(n2)CC(=O)N(C(C)C)CC4)N3)[nH]c(=O)c1. The van der Waals surface area contributed by atoms with Crippen molar-refractivity contribution >= 4 is 35.0 Å². The summed E-state index contributed by atoms with van der Waals surface area (Å²) < 4.78 is 1.84. The van der Waals surface area contributed by atoms with E-state index in [2.05, 4.69) is 26.7 Å². The monoisotopic (exact) mass is 451 g/mol. The molecule has 5 rings (SSSR count). The molecule has 0 aliphatic carbocycles. The first-order valence-electron chi connectivity index (χ1n) is 10.6. The van der Waals surface area contributed by atoms with Gasteiger partial charge in [0.1, 0.15) is 23.6 Å². The molecule has 0 radical (unpaired) electrons. The molecule has 0 aromatic carbocycles. The minimum Gasteiger partial charge on any atom is -0.367 e. The number of hydrogen-bond acceptors (Lipinski definition) is 7.